The molecule has 0 aliphatic rings. The predicted octanol–water partition coefficient (Wildman–Crippen LogP) is 3.35. The highest BCUT2D eigenvalue weighted by Crippen LogP contribution is 2.30. The maximum Gasteiger partial charge on any atom is 0.342 e. The number of benzene rings is 1. The van der Waals surface area contributed by atoms with Crippen LogP contribution in [0.1, 0.15) is 0 Å². The van der Waals surface area contributed by atoms with Crippen LogP contribution >= 0.6 is 11.6 Å². The lowest BCUT2D eigenvalue weighted by atomic mass is 10.1. The van der Waals surface area contributed by atoms with Gasteiger partial charge in [0.15, 0.2) is 0 Å². The Bertz CT molecular complexity index is 786. The van der Waals surface area contributed by atoms with E-state index < -0.39 is 5.37 Å². The number of hydrogen-bond donors (Lipinski definition) is 0. The molecule has 3 aromatic rings. The highest BCUT2D eigenvalue weighted by Gasteiger charge is 2.19. The van der Waals surface area contributed by atoms with Crippen molar-refractivity contribution in [3.63, 3.8) is 0 Å². The topological polar surface area (TPSA) is 60.7 Å². The third-order valence-corrected chi connectivity index (χ3v) is 3.07. The largest absolute Gasteiger partial charge is 0.342 e. The highest BCUT2D eigenvalue weighted by molar-refractivity contribution is 6.63. The van der Waals surface area contributed by atoms with Crippen LogP contribution < -0.4 is 0 Å². The normalized spacial score (nSPS) is 10.6. The van der Waals surface area contributed by atoms with Gasteiger partial charge in [0.2, 0.25) is 0 Å². The van der Waals surface area contributed by atoms with E-state index in [1.807, 2.05) is 0 Å². The Hall–Kier alpha value is -2.60. The van der Waals surface area contributed by atoms with Gasteiger partial charge in [0.25, 0.3) is 0 Å². The number of pyridine rings is 1. The fraction of sp³-hybridized carbons (Fsp3) is 0. The second kappa shape index (κ2) is 5.41. The second-order valence-corrected chi connectivity index (χ2v) is 4.52. The molecule has 7 heteroatoms. The number of hydrogen-bond acceptors (Lipinski definition) is 4. The lowest BCUT2D eigenvalue weighted by molar-refractivity contribution is 0.258. The molecule has 3 rings (SSSR count). The zero-order chi connectivity index (χ0) is 14.8. The molecule has 0 N–H and O–H groups in total. The number of aromatic nitrogens is 4. The van der Waals surface area contributed by atoms with Crippen LogP contribution in [0.2, 0.25) is 0 Å². The summed E-state index contributed by atoms with van der Waals surface area (Å²) < 4.78 is 14.0. The third-order valence-electron chi connectivity index (χ3n) is 2.91. The Kier molecular flexibility index (Phi) is 3.45. The lowest BCUT2D eigenvalue weighted by Gasteiger charge is -2.04. The molecule has 0 aliphatic heterocycles. The lowest BCUT2D eigenvalue weighted by Crippen LogP contribution is -2.06. The summed E-state index contributed by atoms with van der Waals surface area (Å²) in [7, 11) is 0. The van der Waals surface area contributed by atoms with Crippen molar-refractivity contribution in [1.29, 1.82) is 0 Å². The molecule has 2 aromatic heterocycles. The van der Waals surface area contributed by atoms with E-state index in [1.54, 1.807) is 36.7 Å². The summed E-state index contributed by atoms with van der Waals surface area (Å²) in [5.74, 6) is -0.356. The first-order valence-corrected chi connectivity index (χ1v) is 6.36. The molecule has 0 saturated heterocycles. The minimum atomic E-state index is -0.775. The molecule has 0 radical (unpaired) electrons. The second-order valence-electron chi connectivity index (χ2n) is 4.19. The molecule has 0 amide bonds. The van der Waals surface area contributed by atoms with Gasteiger partial charge in [-0.3, -0.25) is 9.78 Å². The van der Waals surface area contributed by atoms with Gasteiger partial charge in [0, 0.05) is 23.5 Å². The highest BCUT2D eigenvalue weighted by atomic mass is 35.5. The van der Waals surface area contributed by atoms with Gasteiger partial charge in [-0.25, -0.2) is 4.39 Å². The molecule has 0 fully saturated rings. The molecule has 21 heavy (non-hydrogen) atoms. The van der Waals surface area contributed by atoms with Crippen LogP contribution in [0.4, 0.5) is 9.18 Å². The minimum Gasteiger partial charge on any atom is -0.265 e. The van der Waals surface area contributed by atoms with Crippen molar-refractivity contribution in [2.45, 2.75) is 0 Å². The molecule has 104 valence electrons. The average molecular weight is 303 g/mol. The Morgan fingerprint density at radius 1 is 1.05 bits per heavy atom. The Balaban J connectivity index is 2.22. The summed E-state index contributed by atoms with van der Waals surface area (Å²) in [6.07, 6.45) is 3.17. The van der Waals surface area contributed by atoms with Gasteiger partial charge >= 0.3 is 5.37 Å². The average Bonchev–Trinajstić information content (AvgIpc) is 2.94. The number of carbonyl (C=O) groups is 1. The van der Waals surface area contributed by atoms with Gasteiger partial charge < -0.3 is 0 Å². The van der Waals surface area contributed by atoms with Gasteiger partial charge in [-0.15, -0.1) is 5.10 Å². The molecular formula is C14H8ClFN4O. The van der Waals surface area contributed by atoms with Crippen molar-refractivity contribution < 1.29 is 9.18 Å². The zero-order valence-electron chi connectivity index (χ0n) is 10.6. The molecule has 0 aliphatic carbocycles. The van der Waals surface area contributed by atoms with Crippen LogP contribution in [0.5, 0.6) is 0 Å². The van der Waals surface area contributed by atoms with E-state index in [9.17, 15) is 9.18 Å². The Labute approximate surface area is 124 Å². The molecule has 0 unspecified atom stereocenters. The molecule has 0 atom stereocenters. The monoisotopic (exact) mass is 302 g/mol. The molecule has 2 heterocycles. The molecule has 5 nitrogen and oxygen atoms in total. The van der Waals surface area contributed by atoms with Gasteiger partial charge in [0.05, 0.1) is 0 Å². The first kappa shape index (κ1) is 13.4. The van der Waals surface area contributed by atoms with Gasteiger partial charge in [-0.05, 0) is 48.0 Å². The van der Waals surface area contributed by atoms with Crippen LogP contribution in [0.25, 0.3) is 22.5 Å². The fourth-order valence-corrected chi connectivity index (χ4v) is 2.09. The van der Waals surface area contributed by atoms with Crippen LogP contribution in [0.15, 0.2) is 48.8 Å². The standard InChI is InChI=1S/C14H8ClFN4O/c15-14(21)20-13(10-5-7-17-8-6-10)12(18-19-20)9-1-3-11(16)4-2-9/h1-8H. The van der Waals surface area contributed by atoms with Crippen molar-refractivity contribution in [3.8, 4) is 22.5 Å². The quantitative estimate of drug-likeness (QED) is 0.681. The zero-order valence-corrected chi connectivity index (χ0v) is 11.3. The Morgan fingerprint density at radius 2 is 1.71 bits per heavy atom. The number of halogens is 2. The molecule has 0 saturated carbocycles. The van der Waals surface area contributed by atoms with Gasteiger partial charge in [-0.2, -0.15) is 4.68 Å². The molecule has 0 bridgehead atoms. The van der Waals surface area contributed by atoms with Crippen molar-refractivity contribution in [3.05, 3.63) is 54.6 Å². The van der Waals surface area contributed by atoms with Crippen LogP contribution in [-0.2, 0) is 0 Å². The summed E-state index contributed by atoms with van der Waals surface area (Å²) in [6, 6.07) is 9.17. The van der Waals surface area contributed by atoms with E-state index in [4.69, 9.17) is 11.6 Å². The van der Waals surface area contributed by atoms with E-state index in [2.05, 4.69) is 15.3 Å². The maximum atomic E-state index is 13.0. The molecule has 1 aromatic carbocycles. The van der Waals surface area contributed by atoms with Crippen molar-refractivity contribution in [1.82, 2.24) is 20.0 Å². The summed E-state index contributed by atoms with van der Waals surface area (Å²) in [6.45, 7) is 0. The number of rotatable bonds is 2. The van der Waals surface area contributed by atoms with Crippen LogP contribution in [0, 0.1) is 5.82 Å². The van der Waals surface area contributed by atoms with Gasteiger partial charge in [0.1, 0.15) is 17.2 Å². The minimum absolute atomic E-state index is 0.356. The SMILES string of the molecule is O=C(Cl)n1nnc(-c2ccc(F)cc2)c1-c1ccncc1. The van der Waals surface area contributed by atoms with E-state index >= 15 is 0 Å². The number of nitrogens with zero attached hydrogens (tertiary/aromatic N) is 4. The fourth-order valence-electron chi connectivity index (χ4n) is 1.98. The number of carbonyl (C=O) groups excluding carboxylic acids is 1. The summed E-state index contributed by atoms with van der Waals surface area (Å²) in [4.78, 5) is 15.4. The Morgan fingerprint density at radius 3 is 2.33 bits per heavy atom. The van der Waals surface area contributed by atoms with E-state index in [0.29, 0.717) is 22.5 Å². The first-order chi connectivity index (χ1) is 10.2. The summed E-state index contributed by atoms with van der Waals surface area (Å²) in [5, 5.41) is 6.97. The van der Waals surface area contributed by atoms with Crippen LogP contribution in [-0.4, -0.2) is 25.3 Å². The predicted molar refractivity (Wildman–Crippen MR) is 75.3 cm³/mol. The summed E-state index contributed by atoms with van der Waals surface area (Å²) >= 11 is 5.53. The van der Waals surface area contributed by atoms with Crippen molar-refractivity contribution in [2.75, 3.05) is 0 Å². The van der Waals surface area contributed by atoms with E-state index in [1.165, 1.54) is 12.1 Å². The molecular weight excluding hydrogens is 295 g/mol. The van der Waals surface area contributed by atoms with E-state index in [0.717, 1.165) is 4.68 Å². The van der Waals surface area contributed by atoms with Crippen LogP contribution in [0.3, 0.4) is 0 Å². The van der Waals surface area contributed by atoms with Crippen molar-refractivity contribution in [2.24, 2.45) is 0 Å². The summed E-state index contributed by atoms with van der Waals surface area (Å²) in [5.41, 5.74) is 2.19. The third kappa shape index (κ3) is 2.53. The van der Waals surface area contributed by atoms with Crippen molar-refractivity contribution >= 4 is 17.0 Å². The molecule has 0 spiro atoms. The maximum absolute atomic E-state index is 13.0. The van der Waals surface area contributed by atoms with E-state index in [-0.39, 0.29) is 5.82 Å². The first-order valence-electron chi connectivity index (χ1n) is 5.98. The van der Waals surface area contributed by atoms with Gasteiger partial charge in [-0.1, -0.05) is 5.21 Å². The smallest absolute Gasteiger partial charge is 0.265 e.